The number of carbonyl (C=O) groups is 1. The maximum Gasteiger partial charge on any atom is 0.248 e. The molecular formula is C12H15N5O3S. The summed E-state index contributed by atoms with van der Waals surface area (Å²) in [6.45, 7) is 0.0792. The van der Waals surface area contributed by atoms with Crippen molar-refractivity contribution in [3.63, 3.8) is 0 Å². The van der Waals surface area contributed by atoms with Crippen molar-refractivity contribution >= 4 is 21.6 Å². The van der Waals surface area contributed by atoms with Gasteiger partial charge >= 0.3 is 0 Å². The first-order valence-corrected chi connectivity index (χ1v) is 7.45. The molecule has 0 saturated heterocycles. The number of sulfonamides is 1. The maximum atomic E-state index is 12.2. The number of nitrogens with zero attached hydrogens (tertiary/aromatic N) is 2. The van der Waals surface area contributed by atoms with Gasteiger partial charge in [0.1, 0.15) is 4.90 Å². The number of nitrogens with one attached hydrogen (secondary N) is 1. The molecule has 1 amide bonds. The number of amides is 1. The molecule has 0 fully saturated rings. The second-order valence-electron chi connectivity index (χ2n) is 4.39. The lowest BCUT2D eigenvalue weighted by Crippen LogP contribution is -2.25. The lowest BCUT2D eigenvalue weighted by Gasteiger charge is -2.10. The van der Waals surface area contributed by atoms with Gasteiger partial charge in [-0.15, -0.1) is 0 Å². The van der Waals surface area contributed by atoms with E-state index in [1.807, 2.05) is 0 Å². The highest BCUT2D eigenvalue weighted by Crippen LogP contribution is 2.19. The van der Waals surface area contributed by atoms with Gasteiger partial charge < -0.3 is 11.5 Å². The van der Waals surface area contributed by atoms with Gasteiger partial charge in [-0.1, -0.05) is 0 Å². The molecule has 1 aromatic carbocycles. The van der Waals surface area contributed by atoms with Gasteiger partial charge in [-0.2, -0.15) is 5.10 Å². The first-order valence-electron chi connectivity index (χ1n) is 5.97. The Bertz CT molecular complexity index is 782. The smallest absolute Gasteiger partial charge is 0.248 e. The molecule has 0 unspecified atom stereocenters. The van der Waals surface area contributed by atoms with Crippen molar-refractivity contribution in [3.05, 3.63) is 41.7 Å². The predicted octanol–water partition coefficient (Wildman–Crippen LogP) is -0.420. The Labute approximate surface area is 121 Å². The van der Waals surface area contributed by atoms with E-state index >= 15 is 0 Å². The van der Waals surface area contributed by atoms with Gasteiger partial charge in [-0.05, 0) is 24.3 Å². The quantitative estimate of drug-likeness (QED) is 0.645. The summed E-state index contributed by atoms with van der Waals surface area (Å²) in [6, 6.07) is 5.50. The second kappa shape index (κ2) is 5.54. The standard InChI is InChI=1S/C12H15N5O3S/c1-17-9(4-5-15-17)7-16-21(19,20)11-3-2-8(12(14)18)6-10(11)13/h2-6,16H,7,13H2,1H3,(H2,14,18). The molecule has 1 aromatic heterocycles. The summed E-state index contributed by atoms with van der Waals surface area (Å²) < 4.78 is 28.4. The topological polar surface area (TPSA) is 133 Å². The van der Waals surface area contributed by atoms with E-state index in [1.165, 1.54) is 18.2 Å². The minimum Gasteiger partial charge on any atom is -0.398 e. The van der Waals surface area contributed by atoms with Crippen LogP contribution >= 0.6 is 0 Å². The molecule has 0 radical (unpaired) electrons. The first-order chi connectivity index (χ1) is 9.81. The molecule has 0 saturated carbocycles. The number of nitrogens with two attached hydrogens (primary N) is 2. The Morgan fingerprint density at radius 3 is 2.62 bits per heavy atom. The van der Waals surface area contributed by atoms with Crippen molar-refractivity contribution in [2.45, 2.75) is 11.4 Å². The van der Waals surface area contributed by atoms with Crippen LogP contribution in [-0.2, 0) is 23.6 Å². The van der Waals surface area contributed by atoms with Crippen LogP contribution < -0.4 is 16.2 Å². The van der Waals surface area contributed by atoms with E-state index in [2.05, 4.69) is 9.82 Å². The highest BCUT2D eigenvalue weighted by molar-refractivity contribution is 7.89. The van der Waals surface area contributed by atoms with Gasteiger partial charge in [0.2, 0.25) is 15.9 Å². The van der Waals surface area contributed by atoms with Crippen molar-refractivity contribution in [1.82, 2.24) is 14.5 Å². The SMILES string of the molecule is Cn1nccc1CNS(=O)(=O)c1ccc(C(N)=O)cc1N. The third kappa shape index (κ3) is 3.20. The molecular weight excluding hydrogens is 294 g/mol. The summed E-state index contributed by atoms with van der Waals surface area (Å²) in [7, 11) is -2.09. The van der Waals surface area contributed by atoms with Crippen LogP contribution in [0.25, 0.3) is 0 Å². The van der Waals surface area contributed by atoms with Gasteiger partial charge in [-0.25, -0.2) is 13.1 Å². The summed E-state index contributed by atoms with van der Waals surface area (Å²) >= 11 is 0. The molecule has 0 aliphatic carbocycles. The third-order valence-corrected chi connectivity index (χ3v) is 4.42. The predicted molar refractivity (Wildman–Crippen MR) is 76.6 cm³/mol. The number of hydrogen-bond donors (Lipinski definition) is 3. The number of anilines is 1. The maximum absolute atomic E-state index is 12.2. The summed E-state index contributed by atoms with van der Waals surface area (Å²) in [4.78, 5) is 10.9. The highest BCUT2D eigenvalue weighted by Gasteiger charge is 2.18. The molecule has 9 heteroatoms. The van der Waals surface area contributed by atoms with Gasteiger partial charge in [0.25, 0.3) is 0 Å². The van der Waals surface area contributed by atoms with Crippen LogP contribution in [0.3, 0.4) is 0 Å². The Morgan fingerprint density at radius 2 is 2.10 bits per heavy atom. The van der Waals surface area contributed by atoms with Crippen LogP contribution in [0.2, 0.25) is 0 Å². The first kappa shape index (κ1) is 15.0. The minimum absolute atomic E-state index is 0.0381. The number of rotatable bonds is 5. The van der Waals surface area contributed by atoms with Gasteiger partial charge in [0.15, 0.2) is 0 Å². The summed E-state index contributed by atoms with van der Waals surface area (Å²) in [5.74, 6) is -0.673. The zero-order chi connectivity index (χ0) is 15.6. The highest BCUT2D eigenvalue weighted by atomic mass is 32.2. The van der Waals surface area contributed by atoms with Crippen LogP contribution in [0, 0.1) is 0 Å². The molecule has 0 atom stereocenters. The van der Waals surface area contributed by atoms with Gasteiger partial charge in [-0.3, -0.25) is 9.48 Å². The summed E-state index contributed by atoms with van der Waals surface area (Å²) in [5, 5.41) is 3.94. The zero-order valence-electron chi connectivity index (χ0n) is 11.3. The number of benzene rings is 1. The van der Waals surface area contributed by atoms with Crippen molar-refractivity contribution in [2.24, 2.45) is 12.8 Å². The van der Waals surface area contributed by atoms with Crippen LogP contribution in [-0.4, -0.2) is 24.1 Å². The number of carbonyl (C=O) groups excluding carboxylic acids is 1. The molecule has 0 aliphatic rings. The van der Waals surface area contributed by atoms with Crippen LogP contribution in [0.5, 0.6) is 0 Å². The fraction of sp³-hybridized carbons (Fsp3) is 0.167. The Balaban J connectivity index is 2.23. The number of aryl methyl sites for hydroxylation is 1. The third-order valence-electron chi connectivity index (χ3n) is 2.95. The molecule has 5 N–H and O–H groups in total. The van der Waals surface area contributed by atoms with Gasteiger partial charge in [0.05, 0.1) is 17.9 Å². The van der Waals surface area contributed by atoms with Gasteiger partial charge in [0, 0.05) is 18.8 Å². The molecule has 0 aliphatic heterocycles. The van der Waals surface area contributed by atoms with Crippen molar-refractivity contribution in [2.75, 3.05) is 5.73 Å². The fourth-order valence-corrected chi connectivity index (χ4v) is 2.88. The normalized spacial score (nSPS) is 11.5. The van der Waals surface area contributed by atoms with E-state index in [0.717, 1.165) is 0 Å². The van der Waals surface area contributed by atoms with Crippen molar-refractivity contribution in [1.29, 1.82) is 0 Å². The summed E-state index contributed by atoms with van der Waals surface area (Å²) in [5.41, 5.74) is 11.6. The molecule has 0 spiro atoms. The monoisotopic (exact) mass is 309 g/mol. The van der Waals surface area contributed by atoms with E-state index in [-0.39, 0.29) is 22.7 Å². The van der Waals surface area contributed by atoms with Crippen LogP contribution in [0.1, 0.15) is 16.1 Å². The number of nitrogen functional groups attached to an aromatic ring is 1. The lowest BCUT2D eigenvalue weighted by molar-refractivity contribution is 0.1000. The van der Waals surface area contributed by atoms with Crippen LogP contribution in [0.4, 0.5) is 5.69 Å². The molecule has 21 heavy (non-hydrogen) atoms. The lowest BCUT2D eigenvalue weighted by atomic mass is 10.2. The molecule has 0 bridgehead atoms. The molecule has 1 heterocycles. The van der Waals surface area contributed by atoms with E-state index in [1.54, 1.807) is 24.0 Å². The Morgan fingerprint density at radius 1 is 1.38 bits per heavy atom. The average molecular weight is 309 g/mol. The number of aromatic nitrogens is 2. The molecule has 2 rings (SSSR count). The Hall–Kier alpha value is -2.39. The number of primary amides is 1. The largest absolute Gasteiger partial charge is 0.398 e. The Kier molecular flexibility index (Phi) is 3.96. The zero-order valence-corrected chi connectivity index (χ0v) is 12.1. The fourth-order valence-electron chi connectivity index (χ4n) is 1.77. The van der Waals surface area contributed by atoms with E-state index < -0.39 is 15.9 Å². The molecule has 8 nitrogen and oxygen atoms in total. The van der Waals surface area contributed by atoms with Crippen LogP contribution in [0.15, 0.2) is 35.4 Å². The molecule has 112 valence electrons. The van der Waals surface area contributed by atoms with Crippen molar-refractivity contribution in [3.8, 4) is 0 Å². The van der Waals surface area contributed by atoms with Crippen molar-refractivity contribution < 1.29 is 13.2 Å². The minimum atomic E-state index is -3.79. The second-order valence-corrected chi connectivity index (χ2v) is 6.12. The van der Waals surface area contributed by atoms with E-state index in [9.17, 15) is 13.2 Å². The van der Waals surface area contributed by atoms with E-state index in [4.69, 9.17) is 11.5 Å². The average Bonchev–Trinajstić information content (AvgIpc) is 2.81. The summed E-state index contributed by atoms with van der Waals surface area (Å²) in [6.07, 6.45) is 1.57. The molecule has 2 aromatic rings. The van der Waals surface area contributed by atoms with E-state index in [0.29, 0.717) is 5.69 Å². The number of hydrogen-bond acceptors (Lipinski definition) is 5.